The Hall–Kier alpha value is -2.63. The Morgan fingerprint density at radius 1 is 0.786 bits per heavy atom. The maximum Gasteiger partial charge on any atom is 0.280 e. The lowest BCUT2D eigenvalue weighted by Crippen LogP contribution is -3.00. The predicted octanol–water partition coefficient (Wildman–Crippen LogP) is 1.95. The molecule has 0 fully saturated rings. The highest BCUT2D eigenvalue weighted by Gasteiger charge is 2.23. The van der Waals surface area contributed by atoms with Crippen molar-refractivity contribution in [1.29, 1.82) is 0 Å². The second-order valence-corrected chi connectivity index (χ2v) is 7.30. The van der Waals surface area contributed by atoms with Crippen molar-refractivity contribution in [2.75, 3.05) is 31.3 Å². The van der Waals surface area contributed by atoms with E-state index >= 15 is 0 Å². The summed E-state index contributed by atoms with van der Waals surface area (Å²) in [6, 6.07) is 26.0. The second kappa shape index (κ2) is 9.53. The summed E-state index contributed by atoms with van der Waals surface area (Å²) in [5.41, 5.74) is 5.13. The van der Waals surface area contributed by atoms with Gasteiger partial charge in [0.05, 0.1) is 14.1 Å². The molecule has 0 heterocycles. The highest BCUT2D eigenvalue weighted by Crippen LogP contribution is 2.21. The Morgan fingerprint density at radius 2 is 1.32 bits per heavy atom. The van der Waals surface area contributed by atoms with E-state index in [9.17, 15) is 4.79 Å². The normalized spacial score (nSPS) is 10.7. The fourth-order valence-electron chi connectivity index (χ4n) is 2.92. The number of hydrogen-bond acceptors (Lipinski definition) is 2. The molecule has 3 rings (SSSR count). The Labute approximate surface area is 177 Å². The predicted molar refractivity (Wildman–Crippen MR) is 114 cm³/mol. The summed E-state index contributed by atoms with van der Waals surface area (Å²) in [4.78, 5) is 12.5. The number of likely N-dealkylation sites (N-methyl/N-ethyl adjacent to an activating group) is 1. The summed E-state index contributed by atoms with van der Waals surface area (Å²) in [5.74, 6) is -0.00987. The molecule has 0 bridgehead atoms. The number of halogens is 1. The molecule has 0 saturated heterocycles. The molecule has 2 N–H and O–H groups in total. The number of hydrogen-bond donors (Lipinski definition) is 2. The van der Waals surface area contributed by atoms with Crippen LogP contribution in [0.2, 0.25) is 0 Å². The summed E-state index contributed by atoms with van der Waals surface area (Å²) in [7, 11) is 4.08. The number of aryl methyl sites for hydroxylation is 1. The Morgan fingerprint density at radius 3 is 1.93 bits per heavy atom. The van der Waals surface area contributed by atoms with Crippen molar-refractivity contribution < 1.29 is 21.8 Å². The van der Waals surface area contributed by atoms with Gasteiger partial charge < -0.3 is 27.6 Å². The molecule has 1 amide bonds. The fourth-order valence-corrected chi connectivity index (χ4v) is 2.92. The quantitative estimate of drug-likeness (QED) is 0.576. The van der Waals surface area contributed by atoms with Gasteiger partial charge in [-0.2, -0.15) is 0 Å². The highest BCUT2D eigenvalue weighted by molar-refractivity contribution is 5.93. The number of rotatable bonds is 6. The zero-order chi connectivity index (χ0) is 19.3. The van der Waals surface area contributed by atoms with Gasteiger partial charge in [-0.15, -0.1) is 0 Å². The number of para-hydroxylation sites is 1. The van der Waals surface area contributed by atoms with Crippen LogP contribution in [-0.4, -0.2) is 26.5 Å². The van der Waals surface area contributed by atoms with Gasteiger partial charge in [-0.05, 0) is 55.5 Å². The van der Waals surface area contributed by atoms with Crippen LogP contribution in [0.4, 0.5) is 22.7 Å². The van der Waals surface area contributed by atoms with E-state index in [4.69, 9.17) is 0 Å². The molecular formula is C23H26BrN3O. The van der Waals surface area contributed by atoms with Gasteiger partial charge in [0.1, 0.15) is 5.69 Å². The standard InChI is InChI=1S/C23H25N3O.BrH/c1-18-9-15-22(16-10-18)26(2,3)17-23(27)25-21-13-11-20(12-14-21)24-19-7-5-4-6-8-19;/h4-16,24H,17H2,1-3H3;1H. The van der Waals surface area contributed by atoms with Gasteiger partial charge >= 0.3 is 0 Å². The van der Waals surface area contributed by atoms with E-state index < -0.39 is 0 Å². The number of nitrogens with one attached hydrogen (secondary N) is 2. The largest absolute Gasteiger partial charge is 1.00 e. The minimum atomic E-state index is -0.00987. The monoisotopic (exact) mass is 439 g/mol. The minimum Gasteiger partial charge on any atom is -1.00 e. The molecule has 4 nitrogen and oxygen atoms in total. The van der Waals surface area contributed by atoms with Crippen molar-refractivity contribution >= 4 is 28.7 Å². The molecule has 0 spiro atoms. The van der Waals surface area contributed by atoms with Crippen molar-refractivity contribution in [2.45, 2.75) is 6.92 Å². The number of carbonyl (C=O) groups excluding carboxylic acids is 1. The molecule has 5 heteroatoms. The third-order valence-corrected chi connectivity index (χ3v) is 4.50. The van der Waals surface area contributed by atoms with Crippen molar-refractivity contribution in [3.05, 3.63) is 84.4 Å². The third kappa shape index (κ3) is 5.94. The number of benzene rings is 3. The van der Waals surface area contributed by atoms with Gasteiger partial charge in [-0.1, -0.05) is 35.9 Å². The molecule has 3 aromatic carbocycles. The maximum atomic E-state index is 12.5. The molecular weight excluding hydrogens is 414 g/mol. The van der Waals surface area contributed by atoms with Crippen molar-refractivity contribution in [3.63, 3.8) is 0 Å². The lowest BCUT2D eigenvalue weighted by Gasteiger charge is -2.28. The SMILES string of the molecule is Cc1ccc([N+](C)(C)CC(=O)Nc2ccc(Nc3ccccc3)cc2)cc1.[Br-]. The molecule has 146 valence electrons. The molecule has 0 atom stereocenters. The van der Waals surface area contributed by atoms with E-state index in [1.54, 1.807) is 0 Å². The van der Waals surface area contributed by atoms with Crippen LogP contribution >= 0.6 is 0 Å². The number of amides is 1. The fraction of sp³-hybridized carbons (Fsp3) is 0.174. The van der Waals surface area contributed by atoms with Crippen molar-refractivity contribution in [2.24, 2.45) is 0 Å². The molecule has 28 heavy (non-hydrogen) atoms. The summed E-state index contributed by atoms with van der Waals surface area (Å²) in [5, 5.41) is 6.32. The van der Waals surface area contributed by atoms with Gasteiger partial charge in [-0.25, -0.2) is 0 Å². The maximum absolute atomic E-state index is 12.5. The van der Waals surface area contributed by atoms with E-state index in [0.717, 1.165) is 22.7 Å². The molecule has 0 unspecified atom stereocenters. The van der Waals surface area contributed by atoms with Crippen LogP contribution in [0.5, 0.6) is 0 Å². The topological polar surface area (TPSA) is 41.1 Å². The van der Waals surface area contributed by atoms with Crippen LogP contribution in [-0.2, 0) is 4.79 Å². The van der Waals surface area contributed by atoms with Gasteiger partial charge in [0.15, 0.2) is 6.54 Å². The Balaban J connectivity index is 0.00000280. The van der Waals surface area contributed by atoms with Crippen LogP contribution in [0.15, 0.2) is 78.9 Å². The zero-order valence-electron chi connectivity index (χ0n) is 16.4. The molecule has 0 radical (unpaired) electrons. The summed E-state index contributed by atoms with van der Waals surface area (Å²) in [6.07, 6.45) is 0. The van der Waals surface area contributed by atoms with E-state index in [1.807, 2.05) is 68.7 Å². The smallest absolute Gasteiger partial charge is 0.280 e. The van der Waals surface area contributed by atoms with Gasteiger partial charge in [0.25, 0.3) is 5.91 Å². The lowest BCUT2D eigenvalue weighted by atomic mass is 10.2. The van der Waals surface area contributed by atoms with E-state index in [1.165, 1.54) is 5.56 Å². The Kier molecular flexibility index (Phi) is 7.38. The van der Waals surface area contributed by atoms with Crippen LogP contribution in [0.25, 0.3) is 0 Å². The molecule has 0 aliphatic carbocycles. The number of anilines is 3. The molecule has 0 saturated carbocycles. The Bertz CT molecular complexity index is 891. The zero-order valence-corrected chi connectivity index (χ0v) is 18.0. The van der Waals surface area contributed by atoms with Crippen LogP contribution < -0.4 is 32.1 Å². The van der Waals surface area contributed by atoms with Crippen molar-refractivity contribution in [3.8, 4) is 0 Å². The summed E-state index contributed by atoms with van der Waals surface area (Å²) < 4.78 is 0.500. The first-order valence-corrected chi connectivity index (χ1v) is 9.05. The second-order valence-electron chi connectivity index (χ2n) is 7.30. The first-order valence-electron chi connectivity index (χ1n) is 9.05. The van der Waals surface area contributed by atoms with E-state index in [0.29, 0.717) is 11.0 Å². The average molecular weight is 440 g/mol. The molecule has 0 aliphatic heterocycles. The summed E-state index contributed by atoms with van der Waals surface area (Å²) >= 11 is 0. The van der Waals surface area contributed by atoms with Crippen LogP contribution in [0.3, 0.4) is 0 Å². The third-order valence-electron chi connectivity index (χ3n) is 4.50. The first-order chi connectivity index (χ1) is 12.9. The molecule has 0 aliphatic rings. The van der Waals surface area contributed by atoms with Crippen LogP contribution in [0.1, 0.15) is 5.56 Å². The van der Waals surface area contributed by atoms with Crippen LogP contribution in [0, 0.1) is 6.92 Å². The van der Waals surface area contributed by atoms with E-state index in [-0.39, 0.29) is 22.9 Å². The van der Waals surface area contributed by atoms with Gasteiger partial charge in [0.2, 0.25) is 0 Å². The molecule has 3 aromatic rings. The number of nitrogens with zero attached hydrogens (tertiary/aromatic N) is 1. The summed E-state index contributed by atoms with van der Waals surface area (Å²) in [6.45, 7) is 2.43. The lowest BCUT2D eigenvalue weighted by molar-refractivity contribution is -0.116. The minimum absolute atomic E-state index is 0. The first kappa shape index (κ1) is 21.7. The highest BCUT2D eigenvalue weighted by atomic mass is 79.9. The number of quaternary nitrogens is 1. The van der Waals surface area contributed by atoms with Gasteiger partial charge in [-0.3, -0.25) is 9.28 Å². The van der Waals surface area contributed by atoms with Crippen molar-refractivity contribution in [1.82, 2.24) is 4.48 Å². The number of carbonyl (C=O) groups is 1. The van der Waals surface area contributed by atoms with Gasteiger partial charge in [0, 0.05) is 17.1 Å². The molecule has 0 aromatic heterocycles. The average Bonchev–Trinajstić information content (AvgIpc) is 2.64. The van der Waals surface area contributed by atoms with E-state index in [2.05, 4.69) is 41.8 Å².